The molecule has 2 heterocycles. The molecule has 0 aliphatic carbocycles. The average molecular weight is 295 g/mol. The van der Waals surface area contributed by atoms with Crippen LogP contribution in [0.2, 0.25) is 5.02 Å². The molecule has 0 fully saturated rings. The molecule has 2 aromatic heterocycles. The summed E-state index contributed by atoms with van der Waals surface area (Å²) in [7, 11) is 0. The van der Waals surface area contributed by atoms with E-state index in [-0.39, 0.29) is 11.6 Å². The normalized spacial score (nSPS) is 12.1. The number of halogens is 1. The zero-order valence-electron chi connectivity index (χ0n) is 11.0. The van der Waals surface area contributed by atoms with Gasteiger partial charge in [0.25, 0.3) is 0 Å². The third-order valence-corrected chi connectivity index (χ3v) is 3.16. The van der Waals surface area contributed by atoms with Gasteiger partial charge in [-0.1, -0.05) is 11.6 Å². The number of carboxylic acid groups (broad SMARTS) is 1. The van der Waals surface area contributed by atoms with E-state index >= 15 is 0 Å². The van der Waals surface area contributed by atoms with Gasteiger partial charge in [0.15, 0.2) is 0 Å². The molecule has 0 radical (unpaired) electrons. The molecule has 0 saturated heterocycles. The minimum absolute atomic E-state index is 0.0730. The molecule has 1 atom stereocenters. The quantitative estimate of drug-likeness (QED) is 0.853. The van der Waals surface area contributed by atoms with E-state index in [1.165, 1.54) is 12.3 Å². The molecule has 0 amide bonds. The third-order valence-electron chi connectivity index (χ3n) is 2.88. The van der Waals surface area contributed by atoms with Gasteiger partial charge in [0.05, 0.1) is 16.8 Å². The summed E-state index contributed by atoms with van der Waals surface area (Å²) in [5.41, 5.74) is 0.0730. The third kappa shape index (κ3) is 3.74. The number of hydrogen-bond donors (Lipinski definition) is 2. The molecule has 106 valence electrons. The van der Waals surface area contributed by atoms with E-state index in [0.29, 0.717) is 10.8 Å². The van der Waals surface area contributed by atoms with Crippen LogP contribution in [0, 0.1) is 0 Å². The lowest BCUT2D eigenvalue weighted by Gasteiger charge is -2.15. The highest BCUT2D eigenvalue weighted by molar-refractivity contribution is 6.33. The number of anilines is 1. The SMILES string of the molecule is CC(CCc1ccco1)Nc1ncc(C(=O)O)cc1Cl. The first kappa shape index (κ1) is 14.4. The molecule has 20 heavy (non-hydrogen) atoms. The lowest BCUT2D eigenvalue weighted by atomic mass is 10.1. The van der Waals surface area contributed by atoms with Crippen LogP contribution in [0.15, 0.2) is 35.1 Å². The highest BCUT2D eigenvalue weighted by atomic mass is 35.5. The molecule has 5 nitrogen and oxygen atoms in total. The number of nitrogens with one attached hydrogen (secondary N) is 1. The van der Waals surface area contributed by atoms with E-state index in [1.54, 1.807) is 6.26 Å². The Hall–Kier alpha value is -2.01. The van der Waals surface area contributed by atoms with Crippen LogP contribution < -0.4 is 5.32 Å². The molecule has 2 rings (SSSR count). The zero-order valence-corrected chi connectivity index (χ0v) is 11.7. The van der Waals surface area contributed by atoms with Crippen LogP contribution in [0.5, 0.6) is 0 Å². The summed E-state index contributed by atoms with van der Waals surface area (Å²) in [5, 5.41) is 12.3. The van der Waals surface area contributed by atoms with Gasteiger partial charge in [0.2, 0.25) is 0 Å². The van der Waals surface area contributed by atoms with E-state index in [4.69, 9.17) is 21.1 Å². The van der Waals surface area contributed by atoms with Crippen molar-refractivity contribution in [1.82, 2.24) is 4.98 Å². The Kier molecular flexibility index (Phi) is 4.63. The second-order valence-corrected chi connectivity index (χ2v) is 4.93. The topological polar surface area (TPSA) is 75.4 Å². The minimum Gasteiger partial charge on any atom is -0.478 e. The van der Waals surface area contributed by atoms with E-state index in [1.807, 2.05) is 19.1 Å². The number of pyridine rings is 1. The van der Waals surface area contributed by atoms with Crippen molar-refractivity contribution < 1.29 is 14.3 Å². The zero-order chi connectivity index (χ0) is 14.5. The standard InChI is InChI=1S/C14H15ClN2O3/c1-9(4-5-11-3-2-6-20-11)17-13-12(15)7-10(8-16-13)14(18)19/h2-3,6-9H,4-5H2,1H3,(H,16,17)(H,18,19). The van der Waals surface area contributed by atoms with Crippen molar-refractivity contribution in [3.63, 3.8) is 0 Å². The number of carbonyl (C=O) groups is 1. The summed E-state index contributed by atoms with van der Waals surface area (Å²) >= 11 is 6.01. The molecule has 0 spiro atoms. The van der Waals surface area contributed by atoms with Gasteiger partial charge in [-0.2, -0.15) is 0 Å². The molecule has 0 aliphatic heterocycles. The summed E-state index contributed by atoms with van der Waals surface area (Å²) in [6.45, 7) is 2.01. The number of aryl methyl sites for hydroxylation is 1. The summed E-state index contributed by atoms with van der Waals surface area (Å²) in [4.78, 5) is 14.8. The number of nitrogens with zero attached hydrogens (tertiary/aromatic N) is 1. The van der Waals surface area contributed by atoms with E-state index in [0.717, 1.165) is 18.6 Å². The van der Waals surface area contributed by atoms with Crippen molar-refractivity contribution in [3.8, 4) is 0 Å². The fourth-order valence-electron chi connectivity index (χ4n) is 1.78. The molecule has 0 aromatic carbocycles. The summed E-state index contributed by atoms with van der Waals surface area (Å²) in [5.74, 6) is 0.374. The molecule has 0 saturated carbocycles. The van der Waals surface area contributed by atoms with Crippen LogP contribution in [0.25, 0.3) is 0 Å². The van der Waals surface area contributed by atoms with Crippen LogP contribution >= 0.6 is 11.6 Å². The molecular formula is C14H15ClN2O3. The first-order valence-corrected chi connectivity index (χ1v) is 6.62. The Bertz CT molecular complexity index is 584. The molecule has 1 unspecified atom stereocenters. The Labute approximate surface area is 121 Å². The maximum atomic E-state index is 10.8. The second kappa shape index (κ2) is 6.43. The van der Waals surface area contributed by atoms with Gasteiger partial charge < -0.3 is 14.8 Å². The summed E-state index contributed by atoms with van der Waals surface area (Å²) in [6, 6.07) is 5.31. The van der Waals surface area contributed by atoms with Gasteiger partial charge in [0.1, 0.15) is 11.6 Å². The maximum Gasteiger partial charge on any atom is 0.337 e. The van der Waals surface area contributed by atoms with Crippen molar-refractivity contribution in [2.75, 3.05) is 5.32 Å². The molecule has 0 aliphatic rings. The first-order chi connectivity index (χ1) is 9.56. The fraction of sp³-hybridized carbons (Fsp3) is 0.286. The number of rotatable bonds is 6. The van der Waals surface area contributed by atoms with Crippen LogP contribution in [0.4, 0.5) is 5.82 Å². The summed E-state index contributed by atoms with van der Waals surface area (Å²) < 4.78 is 5.27. The predicted molar refractivity (Wildman–Crippen MR) is 76.3 cm³/mol. The van der Waals surface area contributed by atoms with Gasteiger partial charge in [-0.05, 0) is 31.5 Å². The van der Waals surface area contributed by atoms with Crippen molar-refractivity contribution in [1.29, 1.82) is 0 Å². The fourth-order valence-corrected chi connectivity index (χ4v) is 2.00. The molecule has 2 aromatic rings. The van der Waals surface area contributed by atoms with Crippen molar-refractivity contribution in [2.45, 2.75) is 25.8 Å². The molecule has 0 bridgehead atoms. The largest absolute Gasteiger partial charge is 0.478 e. The smallest absolute Gasteiger partial charge is 0.337 e. The van der Waals surface area contributed by atoms with Gasteiger partial charge in [-0.15, -0.1) is 0 Å². The first-order valence-electron chi connectivity index (χ1n) is 6.24. The molecular weight excluding hydrogens is 280 g/mol. The lowest BCUT2D eigenvalue weighted by molar-refractivity contribution is 0.0696. The Morgan fingerprint density at radius 3 is 3.00 bits per heavy atom. The van der Waals surface area contributed by atoms with Gasteiger partial charge >= 0.3 is 5.97 Å². The number of aromatic nitrogens is 1. The van der Waals surface area contributed by atoms with E-state index in [9.17, 15) is 4.79 Å². The van der Waals surface area contributed by atoms with E-state index < -0.39 is 5.97 Å². The van der Waals surface area contributed by atoms with E-state index in [2.05, 4.69) is 10.3 Å². The second-order valence-electron chi connectivity index (χ2n) is 4.52. The van der Waals surface area contributed by atoms with Crippen LogP contribution in [-0.2, 0) is 6.42 Å². The van der Waals surface area contributed by atoms with Crippen LogP contribution in [0.1, 0.15) is 29.5 Å². The number of aromatic carboxylic acids is 1. The van der Waals surface area contributed by atoms with Gasteiger partial charge in [-0.3, -0.25) is 0 Å². The van der Waals surface area contributed by atoms with Gasteiger partial charge in [-0.25, -0.2) is 9.78 Å². The Balaban J connectivity index is 1.93. The lowest BCUT2D eigenvalue weighted by Crippen LogP contribution is -2.17. The predicted octanol–water partition coefficient (Wildman–Crippen LogP) is 3.46. The Morgan fingerprint density at radius 2 is 2.40 bits per heavy atom. The van der Waals surface area contributed by atoms with Crippen molar-refractivity contribution >= 4 is 23.4 Å². The van der Waals surface area contributed by atoms with Crippen LogP contribution in [0.3, 0.4) is 0 Å². The Morgan fingerprint density at radius 1 is 1.60 bits per heavy atom. The number of hydrogen-bond acceptors (Lipinski definition) is 4. The highest BCUT2D eigenvalue weighted by Crippen LogP contribution is 2.21. The maximum absolute atomic E-state index is 10.8. The summed E-state index contributed by atoms with van der Waals surface area (Å²) in [6.07, 6.45) is 4.60. The average Bonchev–Trinajstić information content (AvgIpc) is 2.91. The van der Waals surface area contributed by atoms with Crippen LogP contribution in [-0.4, -0.2) is 22.1 Å². The minimum atomic E-state index is -1.04. The van der Waals surface area contributed by atoms with Crippen molar-refractivity contribution in [2.24, 2.45) is 0 Å². The number of furan rings is 1. The highest BCUT2D eigenvalue weighted by Gasteiger charge is 2.11. The van der Waals surface area contributed by atoms with Crippen molar-refractivity contribution in [3.05, 3.63) is 47.0 Å². The molecule has 2 N–H and O–H groups in total. The van der Waals surface area contributed by atoms with Gasteiger partial charge in [0, 0.05) is 18.7 Å². The molecule has 6 heteroatoms. The number of carboxylic acids is 1. The monoisotopic (exact) mass is 294 g/mol.